The Morgan fingerprint density at radius 1 is 1.21 bits per heavy atom. The van der Waals surface area contributed by atoms with Gasteiger partial charge in [-0.25, -0.2) is 0 Å². The number of aliphatic hydroxyl groups excluding tert-OH is 1. The Balaban J connectivity index is 2.44. The summed E-state index contributed by atoms with van der Waals surface area (Å²) >= 11 is 0. The van der Waals surface area contributed by atoms with Crippen molar-refractivity contribution in [2.75, 3.05) is 26.9 Å². The van der Waals surface area contributed by atoms with Crippen LogP contribution in [-0.4, -0.2) is 38.1 Å². The van der Waals surface area contributed by atoms with E-state index in [0.717, 1.165) is 11.1 Å². The average Bonchev–Trinajstić information content (AvgIpc) is 2.37. The molecule has 0 saturated heterocycles. The van der Waals surface area contributed by atoms with E-state index in [9.17, 15) is 5.11 Å². The first-order valence-corrected chi connectivity index (χ1v) is 6.56. The Morgan fingerprint density at radius 2 is 1.95 bits per heavy atom. The minimum atomic E-state index is -0.686. The molecule has 1 unspecified atom stereocenters. The Morgan fingerprint density at radius 3 is 2.58 bits per heavy atom. The van der Waals surface area contributed by atoms with Crippen LogP contribution in [0.5, 0.6) is 5.75 Å². The van der Waals surface area contributed by atoms with Gasteiger partial charge in [0.15, 0.2) is 0 Å². The summed E-state index contributed by atoms with van der Waals surface area (Å²) in [6.07, 6.45) is -0.487. The third-order valence-corrected chi connectivity index (χ3v) is 2.70. The molecule has 1 N–H and O–H groups in total. The maximum atomic E-state index is 10.1. The fraction of sp³-hybridized carbons (Fsp3) is 0.600. The van der Waals surface area contributed by atoms with Crippen molar-refractivity contribution in [2.45, 2.75) is 33.0 Å². The molecular formula is C15H24O4. The molecule has 0 bridgehead atoms. The van der Waals surface area contributed by atoms with Crippen LogP contribution in [0.1, 0.15) is 31.1 Å². The van der Waals surface area contributed by atoms with Gasteiger partial charge in [-0.2, -0.15) is 0 Å². The van der Waals surface area contributed by atoms with Crippen LogP contribution in [0.15, 0.2) is 18.2 Å². The number of aliphatic hydroxyl groups is 1. The predicted octanol–water partition coefficient (Wildman–Crippen LogP) is 2.48. The van der Waals surface area contributed by atoms with E-state index in [4.69, 9.17) is 14.2 Å². The smallest absolute Gasteiger partial charge is 0.124 e. The quantitative estimate of drug-likeness (QED) is 0.736. The van der Waals surface area contributed by atoms with Crippen molar-refractivity contribution in [3.63, 3.8) is 0 Å². The lowest BCUT2D eigenvalue weighted by Crippen LogP contribution is -2.14. The molecule has 0 heterocycles. The lowest BCUT2D eigenvalue weighted by Gasteiger charge is -2.16. The number of methoxy groups -OCH3 is 1. The third kappa shape index (κ3) is 5.59. The predicted molar refractivity (Wildman–Crippen MR) is 74.6 cm³/mol. The molecule has 0 aliphatic carbocycles. The van der Waals surface area contributed by atoms with Crippen LogP contribution < -0.4 is 4.74 Å². The lowest BCUT2D eigenvalue weighted by atomic mass is 10.1. The molecule has 1 rings (SSSR count). The fourth-order valence-corrected chi connectivity index (χ4v) is 1.74. The van der Waals surface area contributed by atoms with Crippen LogP contribution in [0.4, 0.5) is 0 Å². The van der Waals surface area contributed by atoms with Crippen molar-refractivity contribution in [2.24, 2.45) is 0 Å². The number of ether oxygens (including phenoxy) is 3. The maximum Gasteiger partial charge on any atom is 0.124 e. The topological polar surface area (TPSA) is 47.9 Å². The molecule has 0 saturated carbocycles. The molecule has 0 aliphatic rings. The van der Waals surface area contributed by atoms with Crippen molar-refractivity contribution in [3.8, 4) is 5.75 Å². The molecule has 1 aromatic rings. The van der Waals surface area contributed by atoms with Gasteiger partial charge in [-0.05, 0) is 32.9 Å². The highest BCUT2D eigenvalue weighted by Crippen LogP contribution is 2.26. The Kier molecular flexibility index (Phi) is 6.84. The standard InChI is InChI=1S/C15H24O4/c1-11(2)19-8-7-18-10-14(16)13-9-12(3)5-6-15(13)17-4/h5-6,9,11,14,16H,7-8,10H2,1-4H3. The summed E-state index contributed by atoms with van der Waals surface area (Å²) in [4.78, 5) is 0. The summed E-state index contributed by atoms with van der Waals surface area (Å²) in [5.41, 5.74) is 1.84. The van der Waals surface area contributed by atoms with Crippen molar-refractivity contribution in [3.05, 3.63) is 29.3 Å². The molecule has 0 aromatic heterocycles. The number of hydrogen-bond acceptors (Lipinski definition) is 4. The molecule has 1 aromatic carbocycles. The van der Waals surface area contributed by atoms with Crippen molar-refractivity contribution in [1.82, 2.24) is 0 Å². The van der Waals surface area contributed by atoms with Crippen LogP contribution >= 0.6 is 0 Å². The van der Waals surface area contributed by atoms with Crippen LogP contribution in [-0.2, 0) is 9.47 Å². The van der Waals surface area contributed by atoms with Crippen LogP contribution in [0.2, 0.25) is 0 Å². The third-order valence-electron chi connectivity index (χ3n) is 2.70. The van der Waals surface area contributed by atoms with E-state index in [1.165, 1.54) is 0 Å². The van der Waals surface area contributed by atoms with Crippen molar-refractivity contribution >= 4 is 0 Å². The molecule has 0 radical (unpaired) electrons. The van der Waals surface area contributed by atoms with E-state index in [-0.39, 0.29) is 12.7 Å². The van der Waals surface area contributed by atoms with E-state index in [1.807, 2.05) is 39.0 Å². The van der Waals surface area contributed by atoms with Gasteiger partial charge >= 0.3 is 0 Å². The molecule has 4 heteroatoms. The highest BCUT2D eigenvalue weighted by Gasteiger charge is 2.13. The summed E-state index contributed by atoms with van der Waals surface area (Å²) in [6, 6.07) is 5.72. The molecule has 1 atom stereocenters. The number of aryl methyl sites for hydroxylation is 1. The Hall–Kier alpha value is -1.10. The highest BCUT2D eigenvalue weighted by molar-refractivity contribution is 5.38. The molecule has 0 fully saturated rings. The molecule has 4 nitrogen and oxygen atoms in total. The van der Waals surface area contributed by atoms with Gasteiger partial charge in [0.2, 0.25) is 0 Å². The second kappa shape index (κ2) is 8.15. The van der Waals surface area contributed by atoms with E-state index in [0.29, 0.717) is 19.0 Å². The van der Waals surface area contributed by atoms with Gasteiger partial charge in [0, 0.05) is 5.56 Å². The van der Waals surface area contributed by atoms with Crippen molar-refractivity contribution < 1.29 is 19.3 Å². The van der Waals surface area contributed by atoms with Crippen LogP contribution in [0, 0.1) is 6.92 Å². The summed E-state index contributed by atoms with van der Waals surface area (Å²) in [6.45, 7) is 7.19. The zero-order valence-corrected chi connectivity index (χ0v) is 12.2. The summed E-state index contributed by atoms with van der Waals surface area (Å²) < 4.78 is 16.0. The monoisotopic (exact) mass is 268 g/mol. The minimum Gasteiger partial charge on any atom is -0.496 e. The van der Waals surface area contributed by atoms with E-state index in [1.54, 1.807) is 7.11 Å². The second-order valence-corrected chi connectivity index (χ2v) is 4.76. The Labute approximate surface area is 115 Å². The zero-order valence-electron chi connectivity index (χ0n) is 12.2. The van der Waals surface area contributed by atoms with Gasteiger partial charge < -0.3 is 19.3 Å². The van der Waals surface area contributed by atoms with E-state index in [2.05, 4.69) is 0 Å². The molecule has 0 amide bonds. The van der Waals surface area contributed by atoms with Crippen molar-refractivity contribution in [1.29, 1.82) is 0 Å². The zero-order chi connectivity index (χ0) is 14.3. The van der Waals surface area contributed by atoms with Crippen LogP contribution in [0.25, 0.3) is 0 Å². The molecule has 0 spiro atoms. The van der Waals surface area contributed by atoms with Crippen LogP contribution in [0.3, 0.4) is 0 Å². The first kappa shape index (κ1) is 16.0. The van der Waals surface area contributed by atoms with Gasteiger partial charge in [-0.3, -0.25) is 0 Å². The summed E-state index contributed by atoms with van der Waals surface area (Å²) in [5.74, 6) is 0.681. The molecule has 19 heavy (non-hydrogen) atoms. The van der Waals surface area contributed by atoms with Gasteiger partial charge in [0.25, 0.3) is 0 Å². The number of benzene rings is 1. The Bertz CT molecular complexity index is 376. The van der Waals surface area contributed by atoms with Gasteiger partial charge in [0.05, 0.1) is 33.0 Å². The second-order valence-electron chi connectivity index (χ2n) is 4.76. The van der Waals surface area contributed by atoms with Gasteiger partial charge in [0.1, 0.15) is 11.9 Å². The van der Waals surface area contributed by atoms with Gasteiger partial charge in [-0.15, -0.1) is 0 Å². The van der Waals surface area contributed by atoms with E-state index < -0.39 is 6.10 Å². The van der Waals surface area contributed by atoms with E-state index >= 15 is 0 Å². The summed E-state index contributed by atoms with van der Waals surface area (Å²) in [5, 5.41) is 10.1. The lowest BCUT2D eigenvalue weighted by molar-refractivity contribution is -0.0115. The molecular weight excluding hydrogens is 244 g/mol. The van der Waals surface area contributed by atoms with Gasteiger partial charge in [-0.1, -0.05) is 11.6 Å². The first-order valence-electron chi connectivity index (χ1n) is 6.56. The fourth-order valence-electron chi connectivity index (χ4n) is 1.74. The SMILES string of the molecule is COc1ccc(C)cc1C(O)COCCOC(C)C. The number of rotatable bonds is 8. The normalized spacial score (nSPS) is 12.7. The summed E-state index contributed by atoms with van der Waals surface area (Å²) in [7, 11) is 1.60. The molecule has 0 aliphatic heterocycles. The maximum absolute atomic E-state index is 10.1. The average molecular weight is 268 g/mol. The largest absolute Gasteiger partial charge is 0.496 e. The number of hydrogen-bond donors (Lipinski definition) is 1. The minimum absolute atomic E-state index is 0.199. The highest BCUT2D eigenvalue weighted by atomic mass is 16.5. The molecule has 108 valence electrons. The first-order chi connectivity index (χ1) is 9.04.